The van der Waals surface area contributed by atoms with E-state index >= 15 is 0 Å². The number of amides is 3. The molecule has 0 radical (unpaired) electrons. The van der Waals surface area contributed by atoms with Gasteiger partial charge in [-0.05, 0) is 63.2 Å². The lowest BCUT2D eigenvalue weighted by Gasteiger charge is -2.32. The number of urea groups is 1. The summed E-state index contributed by atoms with van der Waals surface area (Å²) in [6, 6.07) is 9.33. The van der Waals surface area contributed by atoms with Crippen LogP contribution in [0.4, 0.5) is 10.5 Å². The van der Waals surface area contributed by atoms with E-state index in [0.717, 1.165) is 44.0 Å². The first-order valence-electron chi connectivity index (χ1n) is 10.7. The molecule has 6 heteroatoms. The summed E-state index contributed by atoms with van der Waals surface area (Å²) in [5.41, 5.74) is 0.783. The number of para-hydroxylation sites is 1. The van der Waals surface area contributed by atoms with E-state index in [0.29, 0.717) is 13.1 Å². The second-order valence-corrected chi connectivity index (χ2v) is 8.27. The molecule has 1 aromatic rings. The van der Waals surface area contributed by atoms with Crippen LogP contribution in [0.1, 0.15) is 39.0 Å². The summed E-state index contributed by atoms with van der Waals surface area (Å²) >= 11 is 0. The van der Waals surface area contributed by atoms with Gasteiger partial charge in [0.25, 0.3) is 0 Å². The molecule has 3 rings (SSSR count). The average molecular weight is 387 g/mol. The third-order valence-electron chi connectivity index (χ3n) is 5.80. The summed E-state index contributed by atoms with van der Waals surface area (Å²) in [6.45, 7) is 7.66. The van der Waals surface area contributed by atoms with Crippen molar-refractivity contribution < 1.29 is 9.59 Å². The fourth-order valence-electron chi connectivity index (χ4n) is 4.25. The van der Waals surface area contributed by atoms with Gasteiger partial charge in [-0.3, -0.25) is 4.79 Å². The molecule has 0 aromatic heterocycles. The molecule has 2 atom stereocenters. The molecule has 2 N–H and O–H groups in total. The molecular weight excluding hydrogens is 352 g/mol. The Morgan fingerprint density at radius 1 is 1.07 bits per heavy atom. The van der Waals surface area contributed by atoms with Crippen LogP contribution in [-0.2, 0) is 4.79 Å². The Balaban J connectivity index is 1.37. The first-order valence-corrected chi connectivity index (χ1v) is 10.7. The Morgan fingerprint density at radius 2 is 1.86 bits per heavy atom. The second-order valence-electron chi connectivity index (χ2n) is 8.27. The number of nitrogens with one attached hydrogen (secondary N) is 2. The van der Waals surface area contributed by atoms with Gasteiger partial charge in [0.1, 0.15) is 0 Å². The number of likely N-dealkylation sites (tertiary alicyclic amines) is 2. The minimum atomic E-state index is -0.122. The predicted molar refractivity (Wildman–Crippen MR) is 112 cm³/mol. The maximum atomic E-state index is 12.5. The van der Waals surface area contributed by atoms with Crippen LogP contribution in [0.25, 0.3) is 0 Å². The lowest BCUT2D eigenvalue weighted by molar-refractivity contribution is -0.126. The SMILES string of the molecule is CC1CCCN(CCCNC(=O)C2CCCN(C(=O)Nc3ccccc3)C2)C1. The van der Waals surface area contributed by atoms with Crippen LogP contribution < -0.4 is 10.6 Å². The molecule has 2 aliphatic heterocycles. The van der Waals surface area contributed by atoms with Crippen molar-refractivity contribution in [2.24, 2.45) is 11.8 Å². The Hall–Kier alpha value is -2.08. The van der Waals surface area contributed by atoms with E-state index in [4.69, 9.17) is 0 Å². The number of hydrogen-bond donors (Lipinski definition) is 2. The maximum absolute atomic E-state index is 12.5. The molecule has 0 aliphatic carbocycles. The van der Waals surface area contributed by atoms with Crippen molar-refractivity contribution in [3.05, 3.63) is 30.3 Å². The smallest absolute Gasteiger partial charge is 0.321 e. The van der Waals surface area contributed by atoms with Crippen LogP contribution in [0.15, 0.2) is 30.3 Å². The van der Waals surface area contributed by atoms with Crippen molar-refractivity contribution >= 4 is 17.6 Å². The lowest BCUT2D eigenvalue weighted by Crippen LogP contribution is -2.47. The lowest BCUT2D eigenvalue weighted by atomic mass is 9.97. The maximum Gasteiger partial charge on any atom is 0.321 e. The van der Waals surface area contributed by atoms with Gasteiger partial charge < -0.3 is 20.4 Å². The van der Waals surface area contributed by atoms with E-state index in [1.54, 1.807) is 4.90 Å². The fraction of sp³-hybridized carbons (Fsp3) is 0.636. The Bertz CT molecular complexity index is 637. The van der Waals surface area contributed by atoms with Crippen molar-refractivity contribution in [2.75, 3.05) is 44.6 Å². The van der Waals surface area contributed by atoms with Gasteiger partial charge in [0.05, 0.1) is 5.92 Å². The Morgan fingerprint density at radius 3 is 2.64 bits per heavy atom. The van der Waals surface area contributed by atoms with Gasteiger partial charge >= 0.3 is 6.03 Å². The quantitative estimate of drug-likeness (QED) is 0.738. The standard InChI is InChI=1S/C22H34N4O2/c1-18-8-5-13-25(16-18)14-7-12-23-21(27)19-9-6-15-26(17-19)22(28)24-20-10-3-2-4-11-20/h2-4,10-11,18-19H,5-9,12-17H2,1H3,(H,23,27)(H,24,28). The minimum absolute atomic E-state index is 0.0872. The van der Waals surface area contributed by atoms with E-state index < -0.39 is 0 Å². The van der Waals surface area contributed by atoms with E-state index in [-0.39, 0.29) is 17.9 Å². The summed E-state index contributed by atoms with van der Waals surface area (Å²) in [4.78, 5) is 29.3. The second kappa shape index (κ2) is 10.5. The van der Waals surface area contributed by atoms with Crippen LogP contribution in [0.5, 0.6) is 0 Å². The largest absolute Gasteiger partial charge is 0.356 e. The van der Waals surface area contributed by atoms with Crippen molar-refractivity contribution in [3.63, 3.8) is 0 Å². The summed E-state index contributed by atoms with van der Waals surface area (Å²) in [7, 11) is 0. The van der Waals surface area contributed by atoms with Crippen molar-refractivity contribution in [1.29, 1.82) is 0 Å². The highest BCUT2D eigenvalue weighted by Gasteiger charge is 2.28. The van der Waals surface area contributed by atoms with E-state index in [2.05, 4.69) is 22.5 Å². The highest BCUT2D eigenvalue weighted by atomic mass is 16.2. The molecule has 2 heterocycles. The first kappa shape index (κ1) is 20.6. The highest BCUT2D eigenvalue weighted by Crippen LogP contribution is 2.18. The fourth-order valence-corrected chi connectivity index (χ4v) is 4.25. The zero-order valence-corrected chi connectivity index (χ0v) is 17.0. The summed E-state index contributed by atoms with van der Waals surface area (Å²) in [5.74, 6) is 0.771. The van der Waals surface area contributed by atoms with Crippen molar-refractivity contribution in [2.45, 2.75) is 39.0 Å². The van der Waals surface area contributed by atoms with Gasteiger partial charge in [0, 0.05) is 31.9 Å². The molecule has 0 saturated carbocycles. The van der Waals surface area contributed by atoms with Gasteiger partial charge in [-0.15, -0.1) is 0 Å². The topological polar surface area (TPSA) is 64.7 Å². The third-order valence-corrected chi connectivity index (χ3v) is 5.80. The average Bonchev–Trinajstić information content (AvgIpc) is 2.72. The predicted octanol–water partition coefficient (Wildman–Crippen LogP) is 3.17. The van der Waals surface area contributed by atoms with Gasteiger partial charge in [-0.1, -0.05) is 25.1 Å². The van der Waals surface area contributed by atoms with Gasteiger partial charge in [-0.2, -0.15) is 0 Å². The Kier molecular flexibility index (Phi) is 7.71. The van der Waals surface area contributed by atoms with E-state index in [1.807, 2.05) is 30.3 Å². The van der Waals surface area contributed by atoms with Crippen LogP contribution in [0.3, 0.4) is 0 Å². The van der Waals surface area contributed by atoms with Crippen molar-refractivity contribution in [1.82, 2.24) is 15.1 Å². The molecule has 2 aliphatic rings. The minimum Gasteiger partial charge on any atom is -0.356 e. The third kappa shape index (κ3) is 6.23. The molecular formula is C22H34N4O2. The number of carbonyl (C=O) groups is 2. The number of piperidine rings is 2. The zero-order valence-electron chi connectivity index (χ0n) is 17.0. The number of anilines is 1. The molecule has 6 nitrogen and oxygen atoms in total. The molecule has 2 saturated heterocycles. The summed E-state index contributed by atoms with van der Waals surface area (Å²) in [6.07, 6.45) is 5.33. The molecule has 0 spiro atoms. The van der Waals surface area contributed by atoms with Crippen LogP contribution >= 0.6 is 0 Å². The molecule has 154 valence electrons. The van der Waals surface area contributed by atoms with Gasteiger partial charge in [-0.25, -0.2) is 4.79 Å². The monoisotopic (exact) mass is 386 g/mol. The van der Waals surface area contributed by atoms with E-state index in [9.17, 15) is 9.59 Å². The molecule has 0 bridgehead atoms. The number of hydrogen-bond acceptors (Lipinski definition) is 3. The zero-order chi connectivity index (χ0) is 19.8. The molecule has 28 heavy (non-hydrogen) atoms. The normalized spacial score (nSPS) is 23.2. The van der Waals surface area contributed by atoms with Gasteiger partial charge in [0.2, 0.25) is 5.91 Å². The summed E-state index contributed by atoms with van der Waals surface area (Å²) in [5, 5.41) is 6.00. The highest BCUT2D eigenvalue weighted by molar-refractivity contribution is 5.90. The van der Waals surface area contributed by atoms with Crippen LogP contribution in [-0.4, -0.2) is 61.0 Å². The summed E-state index contributed by atoms with van der Waals surface area (Å²) < 4.78 is 0. The number of rotatable bonds is 6. The number of carbonyl (C=O) groups excluding carboxylic acids is 2. The van der Waals surface area contributed by atoms with E-state index in [1.165, 1.54) is 25.9 Å². The molecule has 1 aromatic carbocycles. The van der Waals surface area contributed by atoms with Crippen molar-refractivity contribution in [3.8, 4) is 0 Å². The van der Waals surface area contributed by atoms with Crippen LogP contribution in [0, 0.1) is 11.8 Å². The Labute approximate surface area is 168 Å². The molecule has 2 fully saturated rings. The first-order chi connectivity index (χ1) is 13.6. The van der Waals surface area contributed by atoms with Gasteiger partial charge in [0.15, 0.2) is 0 Å². The van der Waals surface area contributed by atoms with Crippen LogP contribution in [0.2, 0.25) is 0 Å². The number of nitrogens with zero attached hydrogens (tertiary/aromatic N) is 2. The number of benzene rings is 1. The molecule has 2 unspecified atom stereocenters. The molecule has 3 amide bonds.